The second-order valence-electron chi connectivity index (χ2n) is 8.25. The largest absolute Gasteiger partial charge is 0.341 e. The van der Waals surface area contributed by atoms with Crippen LogP contribution in [-0.4, -0.2) is 103 Å². The summed E-state index contributed by atoms with van der Waals surface area (Å²) in [5, 5.41) is 2.19. The Morgan fingerprint density at radius 2 is 1.93 bits per heavy atom. The molecular weight excluding hydrogens is 350 g/mol. The summed E-state index contributed by atoms with van der Waals surface area (Å²) >= 11 is 0. The van der Waals surface area contributed by atoms with Gasteiger partial charge in [-0.1, -0.05) is 0 Å². The van der Waals surface area contributed by atoms with Gasteiger partial charge in [-0.25, -0.2) is 4.79 Å². The molecule has 3 fully saturated rings. The van der Waals surface area contributed by atoms with Gasteiger partial charge < -0.3 is 19.6 Å². The zero-order chi connectivity index (χ0) is 19.6. The number of hydrogen-bond acceptors (Lipinski definition) is 5. The van der Waals surface area contributed by atoms with Crippen LogP contribution in [0.4, 0.5) is 4.79 Å². The number of carbonyl (C=O) groups is 4. The number of carbonyl (C=O) groups excluding carboxylic acids is 4. The first-order chi connectivity index (χ1) is 12.8. The Balaban J connectivity index is 1.60. The van der Waals surface area contributed by atoms with Crippen molar-refractivity contribution in [3.8, 4) is 0 Å². The van der Waals surface area contributed by atoms with E-state index in [4.69, 9.17) is 0 Å². The summed E-state index contributed by atoms with van der Waals surface area (Å²) in [6, 6.07) is -0.502. The van der Waals surface area contributed by atoms with Gasteiger partial charge in [-0.15, -0.1) is 0 Å². The molecule has 0 aromatic heterocycles. The molecule has 3 aliphatic rings. The Bertz CT molecular complexity index is 637. The molecule has 150 valence electrons. The van der Waals surface area contributed by atoms with Gasteiger partial charge in [-0.3, -0.25) is 19.7 Å². The number of imide groups is 1. The minimum atomic E-state index is -0.502. The SMILES string of the molecule is CN(C)CCN1CC2(CCCN(C(=O)CN3CC(=O)NC3=O)C2)CCC1=O. The third-order valence-electron chi connectivity index (χ3n) is 5.77. The van der Waals surface area contributed by atoms with Crippen LogP contribution in [0.5, 0.6) is 0 Å². The van der Waals surface area contributed by atoms with Gasteiger partial charge in [0.05, 0.1) is 0 Å². The first-order valence-electron chi connectivity index (χ1n) is 9.57. The number of rotatable bonds is 5. The Kier molecular flexibility index (Phi) is 5.69. The van der Waals surface area contributed by atoms with E-state index in [1.165, 1.54) is 4.90 Å². The van der Waals surface area contributed by atoms with Crippen LogP contribution in [0.2, 0.25) is 0 Å². The van der Waals surface area contributed by atoms with E-state index in [-0.39, 0.29) is 36.2 Å². The highest BCUT2D eigenvalue weighted by Gasteiger charge is 2.43. The van der Waals surface area contributed by atoms with Crippen LogP contribution in [0.1, 0.15) is 25.7 Å². The Morgan fingerprint density at radius 1 is 1.15 bits per heavy atom. The van der Waals surface area contributed by atoms with Gasteiger partial charge in [0, 0.05) is 44.6 Å². The molecule has 27 heavy (non-hydrogen) atoms. The van der Waals surface area contributed by atoms with Crippen molar-refractivity contribution in [2.75, 3.05) is 59.9 Å². The predicted octanol–water partition coefficient (Wildman–Crippen LogP) is -0.669. The third-order valence-corrected chi connectivity index (χ3v) is 5.77. The van der Waals surface area contributed by atoms with Crippen molar-refractivity contribution in [2.45, 2.75) is 25.7 Å². The third kappa shape index (κ3) is 4.58. The monoisotopic (exact) mass is 379 g/mol. The van der Waals surface area contributed by atoms with Crippen molar-refractivity contribution in [1.82, 2.24) is 24.9 Å². The average Bonchev–Trinajstić information content (AvgIpc) is 2.93. The van der Waals surface area contributed by atoms with Crippen LogP contribution in [0.15, 0.2) is 0 Å². The summed E-state index contributed by atoms with van der Waals surface area (Å²) in [6.07, 6.45) is 3.23. The summed E-state index contributed by atoms with van der Waals surface area (Å²) in [5.41, 5.74) is -0.0583. The smallest absolute Gasteiger partial charge is 0.325 e. The maximum Gasteiger partial charge on any atom is 0.325 e. The van der Waals surface area contributed by atoms with Crippen molar-refractivity contribution in [3.05, 3.63) is 0 Å². The summed E-state index contributed by atoms with van der Waals surface area (Å²) in [7, 11) is 3.98. The van der Waals surface area contributed by atoms with Gasteiger partial charge in [-0.2, -0.15) is 0 Å². The quantitative estimate of drug-likeness (QED) is 0.640. The summed E-state index contributed by atoms with van der Waals surface area (Å²) in [5.74, 6) is -0.306. The molecule has 3 rings (SSSR count). The number of hydrogen-bond donors (Lipinski definition) is 1. The van der Waals surface area contributed by atoms with Crippen molar-refractivity contribution < 1.29 is 19.2 Å². The number of urea groups is 1. The molecule has 3 saturated heterocycles. The van der Waals surface area contributed by atoms with Crippen LogP contribution in [0.3, 0.4) is 0 Å². The Hall–Kier alpha value is -2.16. The molecular formula is C18H29N5O4. The Morgan fingerprint density at radius 3 is 2.59 bits per heavy atom. The Labute approximate surface area is 159 Å². The van der Waals surface area contributed by atoms with Crippen molar-refractivity contribution in [1.29, 1.82) is 0 Å². The van der Waals surface area contributed by atoms with Gasteiger partial charge in [0.25, 0.3) is 0 Å². The second-order valence-corrected chi connectivity index (χ2v) is 8.25. The van der Waals surface area contributed by atoms with E-state index in [1.807, 2.05) is 19.0 Å². The number of likely N-dealkylation sites (tertiary alicyclic amines) is 2. The van der Waals surface area contributed by atoms with Crippen LogP contribution in [-0.2, 0) is 14.4 Å². The second kappa shape index (κ2) is 7.84. The minimum Gasteiger partial charge on any atom is -0.341 e. The summed E-state index contributed by atoms with van der Waals surface area (Å²) < 4.78 is 0. The van der Waals surface area contributed by atoms with E-state index in [1.54, 1.807) is 4.90 Å². The first-order valence-corrected chi connectivity index (χ1v) is 9.57. The van der Waals surface area contributed by atoms with E-state index in [0.717, 1.165) is 25.8 Å². The fourth-order valence-electron chi connectivity index (χ4n) is 4.25. The fraction of sp³-hybridized carbons (Fsp3) is 0.778. The van der Waals surface area contributed by atoms with Gasteiger partial charge in [0.15, 0.2) is 0 Å². The molecule has 9 heteroatoms. The average molecular weight is 379 g/mol. The molecule has 3 heterocycles. The number of amides is 5. The van der Waals surface area contributed by atoms with E-state index in [0.29, 0.717) is 32.6 Å². The number of nitrogens with one attached hydrogen (secondary N) is 1. The molecule has 1 spiro atoms. The molecule has 0 saturated carbocycles. The molecule has 5 amide bonds. The number of nitrogens with zero attached hydrogens (tertiary/aromatic N) is 4. The summed E-state index contributed by atoms with van der Waals surface area (Å²) in [4.78, 5) is 55.0. The standard InChI is InChI=1S/C18H29N5O4/c1-20(2)8-9-22-13-18(6-4-15(22)25)5-3-7-21(12-18)16(26)11-23-10-14(24)19-17(23)27/h3-13H2,1-2H3,(H,19,24,27). The van der Waals surface area contributed by atoms with E-state index >= 15 is 0 Å². The highest BCUT2D eigenvalue weighted by Crippen LogP contribution is 2.38. The molecule has 1 unspecified atom stereocenters. The molecule has 0 radical (unpaired) electrons. The predicted molar refractivity (Wildman–Crippen MR) is 97.7 cm³/mol. The van der Waals surface area contributed by atoms with E-state index in [2.05, 4.69) is 10.2 Å². The van der Waals surface area contributed by atoms with Gasteiger partial charge in [-0.05, 0) is 33.4 Å². The van der Waals surface area contributed by atoms with E-state index in [9.17, 15) is 19.2 Å². The van der Waals surface area contributed by atoms with Crippen LogP contribution >= 0.6 is 0 Å². The zero-order valence-corrected chi connectivity index (χ0v) is 16.2. The molecule has 1 N–H and O–H groups in total. The lowest BCUT2D eigenvalue weighted by Gasteiger charge is -2.48. The molecule has 1 atom stereocenters. The molecule has 9 nitrogen and oxygen atoms in total. The molecule has 0 aromatic carbocycles. The van der Waals surface area contributed by atoms with E-state index < -0.39 is 6.03 Å². The molecule has 3 aliphatic heterocycles. The van der Waals surface area contributed by atoms with Gasteiger partial charge >= 0.3 is 6.03 Å². The molecule has 0 aliphatic carbocycles. The van der Waals surface area contributed by atoms with Crippen LogP contribution < -0.4 is 5.32 Å². The fourth-order valence-corrected chi connectivity index (χ4v) is 4.25. The highest BCUT2D eigenvalue weighted by atomic mass is 16.2. The minimum absolute atomic E-state index is 0.0583. The topological polar surface area (TPSA) is 93.3 Å². The number of piperidine rings is 2. The zero-order valence-electron chi connectivity index (χ0n) is 16.2. The lowest BCUT2D eigenvalue weighted by atomic mass is 9.73. The molecule has 0 aromatic rings. The van der Waals surface area contributed by atoms with Gasteiger partial charge in [0.1, 0.15) is 13.1 Å². The maximum absolute atomic E-state index is 12.7. The highest BCUT2D eigenvalue weighted by molar-refractivity contribution is 6.03. The van der Waals surface area contributed by atoms with Crippen molar-refractivity contribution in [2.24, 2.45) is 5.41 Å². The first kappa shape index (κ1) is 19.6. The van der Waals surface area contributed by atoms with Gasteiger partial charge in [0.2, 0.25) is 17.7 Å². The number of likely N-dealkylation sites (N-methyl/N-ethyl adjacent to an activating group) is 1. The molecule has 0 bridgehead atoms. The maximum atomic E-state index is 12.7. The lowest BCUT2D eigenvalue weighted by molar-refractivity contribution is -0.143. The van der Waals surface area contributed by atoms with Crippen LogP contribution in [0.25, 0.3) is 0 Å². The van der Waals surface area contributed by atoms with Crippen molar-refractivity contribution in [3.63, 3.8) is 0 Å². The summed E-state index contributed by atoms with van der Waals surface area (Å²) in [6.45, 7) is 3.36. The van der Waals surface area contributed by atoms with Crippen molar-refractivity contribution >= 4 is 23.8 Å². The van der Waals surface area contributed by atoms with Crippen LogP contribution in [0, 0.1) is 5.41 Å². The normalized spacial score (nSPS) is 26.3. The lowest BCUT2D eigenvalue weighted by Crippen LogP contribution is -2.56.